The van der Waals surface area contributed by atoms with Crippen LogP contribution >= 0.6 is 0 Å². The second-order valence-corrected chi connectivity index (χ2v) is 10.6. The van der Waals surface area contributed by atoms with Gasteiger partial charge in [0, 0.05) is 19.7 Å². The standard InChI is InChI=1S/C25H29F3N6O5/c1-13(2)18(31-23(38)25(26,27)28)21(36)33(3)16(9-14-6-7-14)20(35)34-12-24(10-15(34)11-29)22(37)32-19-17(39-24)5-4-8-30-19/h4-5,8,13-16,18H,6-7,9-10,12H2,1-3H3,(H,31,38)(H,30,32,37)/t15-,16-,18-,24+/m0/s1. The van der Waals surface area contributed by atoms with Crippen molar-refractivity contribution in [3.63, 3.8) is 0 Å². The first kappa shape index (κ1) is 28.1. The number of likely N-dealkylation sites (N-methyl/N-ethyl adjacent to an activating group) is 1. The highest BCUT2D eigenvalue weighted by atomic mass is 19.4. The number of hydrogen-bond donors (Lipinski definition) is 2. The number of hydrogen-bond acceptors (Lipinski definition) is 7. The molecule has 3 heterocycles. The van der Waals surface area contributed by atoms with Gasteiger partial charge >= 0.3 is 12.1 Å². The summed E-state index contributed by atoms with van der Waals surface area (Å²) in [5, 5.41) is 14.3. The number of anilines is 1. The molecule has 0 unspecified atom stereocenters. The van der Waals surface area contributed by atoms with Crippen LogP contribution in [-0.2, 0) is 19.2 Å². The number of nitriles is 1. The van der Waals surface area contributed by atoms with Crippen molar-refractivity contribution in [3.8, 4) is 11.8 Å². The Bertz CT molecular complexity index is 1210. The van der Waals surface area contributed by atoms with Gasteiger partial charge in [-0.05, 0) is 30.4 Å². The molecule has 0 aromatic carbocycles. The molecule has 39 heavy (non-hydrogen) atoms. The second kappa shape index (κ2) is 10.3. The summed E-state index contributed by atoms with van der Waals surface area (Å²) < 4.78 is 44.7. The van der Waals surface area contributed by atoms with E-state index in [9.17, 15) is 37.6 Å². The largest absolute Gasteiger partial charge is 0.472 e. The molecule has 14 heteroatoms. The van der Waals surface area contributed by atoms with Crippen molar-refractivity contribution in [2.75, 3.05) is 18.9 Å². The van der Waals surface area contributed by atoms with Gasteiger partial charge in [-0.1, -0.05) is 26.7 Å². The molecule has 4 amide bonds. The van der Waals surface area contributed by atoms with E-state index >= 15 is 0 Å². The topological polar surface area (TPSA) is 145 Å². The summed E-state index contributed by atoms with van der Waals surface area (Å²) in [4.78, 5) is 58.2. The van der Waals surface area contributed by atoms with Crippen molar-refractivity contribution >= 4 is 29.4 Å². The van der Waals surface area contributed by atoms with Crippen LogP contribution in [-0.4, -0.2) is 81.9 Å². The molecule has 1 saturated heterocycles. The zero-order valence-electron chi connectivity index (χ0n) is 21.6. The van der Waals surface area contributed by atoms with Gasteiger partial charge in [-0.3, -0.25) is 19.2 Å². The molecular weight excluding hydrogens is 521 g/mol. The van der Waals surface area contributed by atoms with Gasteiger partial charge in [0.2, 0.25) is 17.4 Å². The molecule has 2 N–H and O–H groups in total. The van der Waals surface area contributed by atoms with Crippen molar-refractivity contribution in [1.29, 1.82) is 5.26 Å². The Kier molecular flexibility index (Phi) is 7.46. The number of rotatable bonds is 7. The summed E-state index contributed by atoms with van der Waals surface area (Å²) in [5.41, 5.74) is -1.56. The normalized spacial score (nSPS) is 23.8. The molecule has 11 nitrogen and oxygen atoms in total. The minimum absolute atomic E-state index is 0.112. The van der Waals surface area contributed by atoms with Crippen LogP contribution in [0.1, 0.15) is 39.5 Å². The molecule has 3 aliphatic rings. The third-order valence-corrected chi connectivity index (χ3v) is 7.31. The quantitative estimate of drug-likeness (QED) is 0.525. The lowest BCUT2D eigenvalue weighted by Gasteiger charge is -2.36. The maximum atomic E-state index is 13.9. The van der Waals surface area contributed by atoms with Gasteiger partial charge in [0.15, 0.2) is 11.6 Å². The molecular formula is C25H29F3N6O5. The first-order valence-corrected chi connectivity index (χ1v) is 12.6. The Balaban J connectivity index is 1.58. The van der Waals surface area contributed by atoms with Crippen LogP contribution in [0.2, 0.25) is 0 Å². The minimum Gasteiger partial charge on any atom is -0.472 e. The highest BCUT2D eigenvalue weighted by Crippen LogP contribution is 2.40. The van der Waals surface area contributed by atoms with Crippen LogP contribution in [0, 0.1) is 23.2 Å². The molecule has 1 aromatic rings. The Morgan fingerprint density at radius 2 is 2.05 bits per heavy atom. The van der Waals surface area contributed by atoms with E-state index in [1.807, 2.05) is 6.07 Å². The van der Waals surface area contributed by atoms with E-state index in [0.717, 1.165) is 17.7 Å². The fourth-order valence-electron chi connectivity index (χ4n) is 4.90. The summed E-state index contributed by atoms with van der Waals surface area (Å²) >= 11 is 0. The van der Waals surface area contributed by atoms with E-state index in [4.69, 9.17) is 4.74 Å². The van der Waals surface area contributed by atoms with Crippen LogP contribution < -0.4 is 15.4 Å². The summed E-state index contributed by atoms with van der Waals surface area (Å²) in [7, 11) is 1.29. The Hall–Kier alpha value is -3.89. The third-order valence-electron chi connectivity index (χ3n) is 7.31. The minimum atomic E-state index is -5.19. The Morgan fingerprint density at radius 1 is 1.36 bits per heavy atom. The molecule has 4 atom stereocenters. The van der Waals surface area contributed by atoms with Crippen molar-refractivity contribution in [1.82, 2.24) is 20.1 Å². The Labute approximate surface area is 222 Å². The zero-order valence-corrected chi connectivity index (χ0v) is 21.6. The molecule has 1 spiro atoms. The number of nitrogens with zero attached hydrogens (tertiary/aromatic N) is 4. The number of fused-ring (bicyclic) bond motifs is 1. The van der Waals surface area contributed by atoms with Gasteiger partial charge in [0.05, 0.1) is 12.6 Å². The van der Waals surface area contributed by atoms with Crippen molar-refractivity contribution in [2.24, 2.45) is 11.8 Å². The first-order chi connectivity index (χ1) is 18.3. The predicted molar refractivity (Wildman–Crippen MR) is 129 cm³/mol. The maximum absolute atomic E-state index is 13.9. The van der Waals surface area contributed by atoms with E-state index in [-0.39, 0.29) is 36.9 Å². The lowest BCUT2D eigenvalue weighted by molar-refractivity contribution is -0.175. The predicted octanol–water partition coefficient (Wildman–Crippen LogP) is 1.61. The fraction of sp³-hybridized carbons (Fsp3) is 0.600. The molecule has 0 radical (unpaired) electrons. The summed E-state index contributed by atoms with van der Waals surface area (Å²) in [6.45, 7) is 2.69. The highest BCUT2D eigenvalue weighted by Gasteiger charge is 2.57. The van der Waals surface area contributed by atoms with E-state index < -0.39 is 59.4 Å². The SMILES string of the molecule is CC(C)[C@H](NC(=O)C(F)(F)F)C(=O)N(C)[C@@H](CC1CC1)C(=O)N1C[C@@]2(C[C@H]1C#N)Oc1cccnc1NC2=O. The lowest BCUT2D eigenvalue weighted by Crippen LogP contribution is -2.59. The highest BCUT2D eigenvalue weighted by molar-refractivity contribution is 6.01. The molecule has 210 valence electrons. The molecule has 1 aliphatic carbocycles. The van der Waals surface area contributed by atoms with Gasteiger partial charge in [0.25, 0.3) is 5.91 Å². The fourth-order valence-corrected chi connectivity index (χ4v) is 4.90. The zero-order chi connectivity index (χ0) is 28.7. The number of nitrogens with one attached hydrogen (secondary N) is 2. The molecule has 1 aromatic heterocycles. The maximum Gasteiger partial charge on any atom is 0.471 e. The average molecular weight is 551 g/mol. The summed E-state index contributed by atoms with van der Waals surface area (Å²) in [6, 6.07) is 1.52. The van der Waals surface area contributed by atoms with Gasteiger partial charge in [-0.25, -0.2) is 4.98 Å². The van der Waals surface area contributed by atoms with Crippen LogP contribution in [0.4, 0.5) is 19.0 Å². The second-order valence-electron chi connectivity index (χ2n) is 10.6. The van der Waals surface area contributed by atoms with E-state index in [1.165, 1.54) is 32.0 Å². The summed E-state index contributed by atoms with van der Waals surface area (Å²) in [6.07, 6.45) is -2.00. The van der Waals surface area contributed by atoms with Crippen LogP contribution in [0.5, 0.6) is 5.75 Å². The van der Waals surface area contributed by atoms with Gasteiger partial charge in [-0.15, -0.1) is 0 Å². The van der Waals surface area contributed by atoms with Crippen LogP contribution in [0.15, 0.2) is 18.3 Å². The lowest BCUT2D eigenvalue weighted by atomic mass is 9.97. The van der Waals surface area contributed by atoms with Crippen molar-refractivity contribution in [3.05, 3.63) is 18.3 Å². The number of aromatic nitrogens is 1. The number of pyridine rings is 1. The molecule has 1 saturated carbocycles. The number of halogens is 3. The number of alkyl halides is 3. The molecule has 2 fully saturated rings. The van der Waals surface area contributed by atoms with Crippen LogP contribution in [0.3, 0.4) is 0 Å². The molecule has 4 rings (SSSR count). The molecule has 2 aliphatic heterocycles. The Morgan fingerprint density at radius 3 is 2.64 bits per heavy atom. The third kappa shape index (κ3) is 5.62. The summed E-state index contributed by atoms with van der Waals surface area (Å²) in [5.74, 6) is -4.42. The van der Waals surface area contributed by atoms with Crippen LogP contribution in [0.25, 0.3) is 0 Å². The van der Waals surface area contributed by atoms with Crippen molar-refractivity contribution < 1.29 is 37.1 Å². The molecule has 0 bridgehead atoms. The van der Waals surface area contributed by atoms with E-state index in [1.54, 1.807) is 17.4 Å². The first-order valence-electron chi connectivity index (χ1n) is 12.6. The van der Waals surface area contributed by atoms with Crippen molar-refractivity contribution in [2.45, 2.75) is 69.4 Å². The number of ether oxygens (including phenoxy) is 1. The number of amides is 4. The van der Waals surface area contributed by atoms with Gasteiger partial charge < -0.3 is 25.2 Å². The van der Waals surface area contributed by atoms with E-state index in [0.29, 0.717) is 0 Å². The van der Waals surface area contributed by atoms with Gasteiger partial charge in [0.1, 0.15) is 18.1 Å². The smallest absolute Gasteiger partial charge is 0.471 e. The number of carbonyl (C=O) groups is 4. The van der Waals surface area contributed by atoms with E-state index in [2.05, 4.69) is 10.3 Å². The monoisotopic (exact) mass is 550 g/mol. The average Bonchev–Trinajstić information content (AvgIpc) is 3.63. The number of likely N-dealkylation sites (tertiary alicyclic amines) is 1. The number of carbonyl (C=O) groups excluding carboxylic acids is 4. The van der Waals surface area contributed by atoms with Gasteiger partial charge in [-0.2, -0.15) is 18.4 Å².